The third-order valence-electron chi connectivity index (χ3n) is 5.97. The summed E-state index contributed by atoms with van der Waals surface area (Å²) < 4.78 is 39.8. The molecule has 1 spiro atoms. The van der Waals surface area contributed by atoms with Crippen molar-refractivity contribution >= 4 is 0 Å². The van der Waals surface area contributed by atoms with E-state index in [4.69, 9.17) is 9.47 Å². The van der Waals surface area contributed by atoms with Crippen LogP contribution in [-0.4, -0.2) is 18.5 Å². The Morgan fingerprint density at radius 2 is 1.88 bits per heavy atom. The summed E-state index contributed by atoms with van der Waals surface area (Å²) in [5.41, 5.74) is 2.20. The molecule has 0 radical (unpaired) electrons. The zero-order valence-corrected chi connectivity index (χ0v) is 14.8. The van der Waals surface area contributed by atoms with Crippen LogP contribution >= 0.6 is 0 Å². The van der Waals surface area contributed by atoms with E-state index in [1.165, 1.54) is 30.5 Å². The number of ether oxygens (including phenoxy) is 2. The minimum atomic E-state index is -0.509. The summed E-state index contributed by atoms with van der Waals surface area (Å²) in [5, 5.41) is 0. The van der Waals surface area contributed by atoms with Gasteiger partial charge in [-0.1, -0.05) is 11.6 Å². The van der Waals surface area contributed by atoms with Crippen molar-refractivity contribution in [3.8, 4) is 0 Å². The highest BCUT2D eigenvalue weighted by molar-refractivity contribution is 5.28. The van der Waals surface area contributed by atoms with Crippen molar-refractivity contribution in [1.29, 1.82) is 0 Å². The fourth-order valence-electron chi connectivity index (χ4n) is 4.88. The third-order valence-corrected chi connectivity index (χ3v) is 5.97. The fourth-order valence-corrected chi connectivity index (χ4v) is 4.88. The van der Waals surface area contributed by atoms with Crippen LogP contribution in [0.2, 0.25) is 0 Å². The summed E-state index contributed by atoms with van der Waals surface area (Å²) in [6.45, 7) is 2.67. The number of benzene rings is 1. The summed E-state index contributed by atoms with van der Waals surface area (Å²) in [5.74, 6) is -1.13. The first-order valence-electron chi connectivity index (χ1n) is 9.51. The lowest BCUT2D eigenvalue weighted by Gasteiger charge is -2.43. The molecule has 2 aliphatic carbocycles. The normalized spacial score (nSPS) is 35.8. The first-order chi connectivity index (χ1) is 12.0. The number of halogens is 2. The highest BCUT2D eigenvalue weighted by Gasteiger charge is 2.48. The average molecular weight is 348 g/mol. The van der Waals surface area contributed by atoms with Gasteiger partial charge in [0.1, 0.15) is 11.6 Å². The second-order valence-electron chi connectivity index (χ2n) is 7.83. The van der Waals surface area contributed by atoms with Crippen molar-refractivity contribution in [3.05, 3.63) is 47.0 Å². The van der Waals surface area contributed by atoms with Crippen LogP contribution in [-0.2, 0) is 9.47 Å². The maximum absolute atomic E-state index is 13.8. The van der Waals surface area contributed by atoms with Gasteiger partial charge in [0, 0.05) is 18.9 Å². The molecule has 1 aromatic carbocycles. The summed E-state index contributed by atoms with van der Waals surface area (Å²) in [6.07, 6.45) is 9.44. The van der Waals surface area contributed by atoms with Crippen molar-refractivity contribution < 1.29 is 18.3 Å². The summed E-state index contributed by atoms with van der Waals surface area (Å²) in [4.78, 5) is 0. The molecule has 0 amide bonds. The number of allylic oxidation sites excluding steroid dienone is 2. The zero-order valence-electron chi connectivity index (χ0n) is 14.8. The molecular formula is C21H26F2O2. The van der Waals surface area contributed by atoms with Crippen LogP contribution in [0.5, 0.6) is 0 Å². The van der Waals surface area contributed by atoms with E-state index >= 15 is 0 Å². The van der Waals surface area contributed by atoms with Crippen molar-refractivity contribution in [2.45, 2.75) is 69.7 Å². The summed E-state index contributed by atoms with van der Waals surface area (Å²) in [7, 11) is 0. The molecule has 2 nitrogen and oxygen atoms in total. The van der Waals surface area contributed by atoms with Crippen LogP contribution in [0.1, 0.15) is 63.4 Å². The van der Waals surface area contributed by atoms with Gasteiger partial charge in [-0.05, 0) is 68.6 Å². The quantitative estimate of drug-likeness (QED) is 0.659. The molecule has 4 unspecified atom stereocenters. The predicted octanol–water partition coefficient (Wildman–Crippen LogP) is 5.48. The Balaban J connectivity index is 1.66. The first kappa shape index (κ1) is 17.2. The molecular weight excluding hydrogens is 322 g/mol. The molecule has 136 valence electrons. The minimum absolute atomic E-state index is 0.115. The molecule has 0 bridgehead atoms. The number of hydrogen-bond acceptors (Lipinski definition) is 2. The van der Waals surface area contributed by atoms with Crippen LogP contribution in [0.4, 0.5) is 8.78 Å². The topological polar surface area (TPSA) is 18.5 Å². The highest BCUT2D eigenvalue weighted by Crippen LogP contribution is 2.50. The van der Waals surface area contributed by atoms with Crippen molar-refractivity contribution in [2.24, 2.45) is 5.92 Å². The Kier molecular flexibility index (Phi) is 4.67. The Bertz CT molecular complexity index is 652. The summed E-state index contributed by atoms with van der Waals surface area (Å²) in [6, 6.07) is 3.95. The van der Waals surface area contributed by atoms with Crippen LogP contribution in [0, 0.1) is 17.6 Å². The van der Waals surface area contributed by atoms with Gasteiger partial charge >= 0.3 is 0 Å². The molecule has 0 N–H and O–H groups in total. The van der Waals surface area contributed by atoms with Gasteiger partial charge in [-0.15, -0.1) is 0 Å². The van der Waals surface area contributed by atoms with E-state index in [0.29, 0.717) is 6.61 Å². The molecule has 1 heterocycles. The number of hydrogen-bond donors (Lipinski definition) is 0. The lowest BCUT2D eigenvalue weighted by molar-refractivity contribution is -0.195. The predicted molar refractivity (Wildman–Crippen MR) is 92.2 cm³/mol. The second kappa shape index (κ2) is 6.81. The van der Waals surface area contributed by atoms with Crippen LogP contribution in [0.25, 0.3) is 0 Å². The van der Waals surface area contributed by atoms with Gasteiger partial charge in [0.25, 0.3) is 0 Å². The average Bonchev–Trinajstić information content (AvgIpc) is 2.95. The lowest BCUT2D eigenvalue weighted by atomic mass is 9.68. The first-order valence-corrected chi connectivity index (χ1v) is 9.51. The molecule has 0 aromatic heterocycles. The van der Waals surface area contributed by atoms with Crippen molar-refractivity contribution in [3.63, 3.8) is 0 Å². The molecule has 1 saturated carbocycles. The molecule has 1 aliphatic heterocycles. The highest BCUT2D eigenvalue weighted by atomic mass is 19.1. The van der Waals surface area contributed by atoms with E-state index in [-0.39, 0.29) is 17.9 Å². The molecule has 2 fully saturated rings. The largest absolute Gasteiger partial charge is 0.347 e. The van der Waals surface area contributed by atoms with E-state index in [1.807, 2.05) is 6.92 Å². The molecule has 3 aliphatic rings. The van der Waals surface area contributed by atoms with Crippen LogP contribution < -0.4 is 0 Å². The van der Waals surface area contributed by atoms with E-state index in [1.54, 1.807) is 0 Å². The Morgan fingerprint density at radius 1 is 1.08 bits per heavy atom. The van der Waals surface area contributed by atoms with E-state index in [9.17, 15) is 8.78 Å². The van der Waals surface area contributed by atoms with Crippen LogP contribution in [0.15, 0.2) is 29.8 Å². The van der Waals surface area contributed by atoms with Crippen molar-refractivity contribution in [1.82, 2.24) is 0 Å². The van der Waals surface area contributed by atoms with Gasteiger partial charge in [0.05, 0.1) is 12.7 Å². The summed E-state index contributed by atoms with van der Waals surface area (Å²) >= 11 is 0. The van der Waals surface area contributed by atoms with E-state index < -0.39 is 17.4 Å². The van der Waals surface area contributed by atoms with Gasteiger partial charge < -0.3 is 9.47 Å². The SMILES string of the molecule is CC1COC2(CCC(c3cc(F)cc(F)c3)C(C3=CCCCC3)C2)O1. The maximum Gasteiger partial charge on any atom is 0.169 e. The van der Waals surface area contributed by atoms with Crippen LogP contribution in [0.3, 0.4) is 0 Å². The molecule has 4 atom stereocenters. The molecule has 4 rings (SSSR count). The molecule has 4 heteroatoms. The monoisotopic (exact) mass is 348 g/mol. The zero-order chi connectivity index (χ0) is 17.4. The van der Waals surface area contributed by atoms with E-state index in [0.717, 1.165) is 43.7 Å². The Morgan fingerprint density at radius 3 is 2.52 bits per heavy atom. The maximum atomic E-state index is 13.8. The second-order valence-corrected chi connectivity index (χ2v) is 7.83. The number of rotatable bonds is 2. The van der Waals surface area contributed by atoms with Gasteiger partial charge in [-0.25, -0.2) is 8.78 Å². The third kappa shape index (κ3) is 3.52. The Labute approximate surface area is 148 Å². The molecule has 25 heavy (non-hydrogen) atoms. The van der Waals surface area contributed by atoms with Gasteiger partial charge in [0.15, 0.2) is 5.79 Å². The smallest absolute Gasteiger partial charge is 0.169 e. The molecule has 1 saturated heterocycles. The van der Waals surface area contributed by atoms with E-state index in [2.05, 4.69) is 6.08 Å². The van der Waals surface area contributed by atoms with Gasteiger partial charge in [-0.2, -0.15) is 0 Å². The van der Waals surface area contributed by atoms with Gasteiger partial charge in [-0.3, -0.25) is 0 Å². The standard InChI is InChI=1S/C21H26F2O2/c1-14-13-24-21(25-14)8-7-19(16-9-17(22)11-18(23)10-16)20(12-21)15-5-3-2-4-6-15/h5,9-11,14,19-20H,2-4,6-8,12-13H2,1H3. The van der Waals surface area contributed by atoms with Crippen molar-refractivity contribution in [2.75, 3.05) is 6.61 Å². The Hall–Kier alpha value is -1.26. The fraction of sp³-hybridized carbons (Fsp3) is 0.619. The van der Waals surface area contributed by atoms with Gasteiger partial charge in [0.2, 0.25) is 0 Å². The lowest BCUT2D eigenvalue weighted by Crippen LogP contribution is -2.40. The molecule has 1 aromatic rings. The minimum Gasteiger partial charge on any atom is -0.347 e.